The number of halogens is 1. The minimum absolute atomic E-state index is 0.283. The Morgan fingerprint density at radius 1 is 1.35 bits per heavy atom. The second kappa shape index (κ2) is 5.41. The molecule has 1 heterocycles. The zero-order valence-corrected chi connectivity index (χ0v) is 10.5. The highest BCUT2D eigenvalue weighted by Gasteiger charge is 2.14. The van der Waals surface area contributed by atoms with E-state index in [0.717, 1.165) is 23.5 Å². The van der Waals surface area contributed by atoms with Crippen molar-refractivity contribution in [1.82, 2.24) is 0 Å². The predicted octanol–water partition coefficient (Wildman–Crippen LogP) is 3.11. The van der Waals surface area contributed by atoms with E-state index in [2.05, 4.69) is 6.92 Å². The van der Waals surface area contributed by atoms with Gasteiger partial charge in [-0.25, -0.2) is 0 Å². The number of benzene rings is 1. The van der Waals surface area contributed by atoms with E-state index in [-0.39, 0.29) is 11.2 Å². The maximum Gasteiger partial charge on any atom is 0.221 e. The van der Waals surface area contributed by atoms with Gasteiger partial charge in [0.05, 0.1) is 0 Å². The average Bonchev–Trinajstić information content (AvgIpc) is 2.35. The molecular formula is C13H15ClO3. The topological polar surface area (TPSA) is 35.5 Å². The first-order valence-corrected chi connectivity index (χ1v) is 6.12. The Labute approximate surface area is 106 Å². The lowest BCUT2D eigenvalue weighted by molar-refractivity contribution is -0.111. The van der Waals surface area contributed by atoms with Crippen LogP contribution in [0.4, 0.5) is 0 Å². The molecule has 17 heavy (non-hydrogen) atoms. The molecule has 0 aromatic heterocycles. The Morgan fingerprint density at radius 2 is 2.06 bits per heavy atom. The van der Waals surface area contributed by atoms with Gasteiger partial charge in [0.15, 0.2) is 11.5 Å². The third kappa shape index (κ3) is 3.13. The van der Waals surface area contributed by atoms with Crippen molar-refractivity contribution in [3.63, 3.8) is 0 Å². The van der Waals surface area contributed by atoms with Crippen LogP contribution in [-0.4, -0.2) is 18.5 Å². The molecule has 0 radical (unpaired) electrons. The van der Waals surface area contributed by atoms with Crippen LogP contribution in [0, 0.1) is 0 Å². The fraction of sp³-hybridized carbons (Fsp3) is 0.462. The van der Waals surface area contributed by atoms with Crippen LogP contribution in [0.1, 0.15) is 31.2 Å². The second-order valence-electron chi connectivity index (χ2n) is 4.20. The number of carbonyl (C=O) groups is 1. The van der Waals surface area contributed by atoms with E-state index in [0.29, 0.717) is 19.6 Å². The van der Waals surface area contributed by atoms with Gasteiger partial charge >= 0.3 is 0 Å². The van der Waals surface area contributed by atoms with Gasteiger partial charge in [-0.05, 0) is 41.6 Å². The number of hydrogen-bond acceptors (Lipinski definition) is 3. The molecule has 0 N–H and O–H groups in total. The Kier molecular flexibility index (Phi) is 3.89. The summed E-state index contributed by atoms with van der Waals surface area (Å²) in [5.74, 6) is 1.87. The van der Waals surface area contributed by atoms with Crippen LogP contribution in [0.25, 0.3) is 0 Å². The van der Waals surface area contributed by atoms with Gasteiger partial charge in [0.1, 0.15) is 13.2 Å². The molecule has 1 aromatic carbocycles. The molecule has 92 valence electrons. The largest absolute Gasteiger partial charge is 0.486 e. The van der Waals surface area contributed by atoms with Gasteiger partial charge in [-0.15, -0.1) is 0 Å². The Hall–Kier alpha value is -1.22. The zero-order valence-electron chi connectivity index (χ0n) is 9.74. The molecule has 3 nitrogen and oxygen atoms in total. The summed E-state index contributed by atoms with van der Waals surface area (Å²) in [6.45, 7) is 3.26. The van der Waals surface area contributed by atoms with Crippen molar-refractivity contribution in [3.05, 3.63) is 23.8 Å². The van der Waals surface area contributed by atoms with Gasteiger partial charge in [-0.1, -0.05) is 13.0 Å². The van der Waals surface area contributed by atoms with Gasteiger partial charge in [0, 0.05) is 6.42 Å². The van der Waals surface area contributed by atoms with Gasteiger partial charge < -0.3 is 9.47 Å². The Bertz CT molecular complexity index is 417. The van der Waals surface area contributed by atoms with Gasteiger partial charge in [-0.3, -0.25) is 4.79 Å². The molecule has 0 spiro atoms. The van der Waals surface area contributed by atoms with E-state index in [4.69, 9.17) is 21.1 Å². The van der Waals surface area contributed by atoms with Crippen molar-refractivity contribution in [2.24, 2.45) is 0 Å². The van der Waals surface area contributed by atoms with Crippen LogP contribution in [-0.2, 0) is 4.79 Å². The number of hydrogen-bond donors (Lipinski definition) is 0. The van der Waals surface area contributed by atoms with Crippen LogP contribution in [0.2, 0.25) is 0 Å². The highest BCUT2D eigenvalue weighted by molar-refractivity contribution is 6.63. The molecule has 1 atom stereocenters. The van der Waals surface area contributed by atoms with Crippen LogP contribution < -0.4 is 9.47 Å². The lowest BCUT2D eigenvalue weighted by Crippen LogP contribution is -2.15. The lowest BCUT2D eigenvalue weighted by atomic mass is 9.96. The predicted molar refractivity (Wildman–Crippen MR) is 65.9 cm³/mol. The fourth-order valence-electron chi connectivity index (χ4n) is 1.86. The fourth-order valence-corrected chi connectivity index (χ4v) is 1.97. The molecule has 1 aromatic rings. The summed E-state index contributed by atoms with van der Waals surface area (Å²) >= 11 is 5.34. The molecule has 0 saturated heterocycles. The van der Waals surface area contributed by atoms with Gasteiger partial charge in [-0.2, -0.15) is 0 Å². The molecule has 0 fully saturated rings. The van der Waals surface area contributed by atoms with Crippen LogP contribution in [0.3, 0.4) is 0 Å². The van der Waals surface area contributed by atoms with Crippen LogP contribution in [0.5, 0.6) is 11.5 Å². The minimum atomic E-state index is -0.283. The van der Waals surface area contributed by atoms with Gasteiger partial charge in [0.2, 0.25) is 5.24 Å². The highest BCUT2D eigenvalue weighted by atomic mass is 35.5. The summed E-state index contributed by atoms with van der Waals surface area (Å²) in [6.07, 6.45) is 1.15. The van der Waals surface area contributed by atoms with Crippen LogP contribution in [0.15, 0.2) is 18.2 Å². The first-order valence-electron chi connectivity index (χ1n) is 5.74. The molecule has 0 bridgehead atoms. The summed E-state index contributed by atoms with van der Waals surface area (Å²) < 4.78 is 11.0. The number of ether oxygens (including phenoxy) is 2. The smallest absolute Gasteiger partial charge is 0.221 e. The quantitative estimate of drug-likeness (QED) is 0.775. The number of fused-ring (bicyclic) bond motifs is 1. The van der Waals surface area contributed by atoms with E-state index in [1.54, 1.807) is 0 Å². The van der Waals surface area contributed by atoms with Crippen molar-refractivity contribution in [2.75, 3.05) is 13.2 Å². The molecule has 1 aliphatic rings. The summed E-state index contributed by atoms with van der Waals surface area (Å²) in [5.41, 5.74) is 1.15. The first-order chi connectivity index (χ1) is 8.16. The first kappa shape index (κ1) is 12.2. The maximum atomic E-state index is 10.7. The van der Waals surface area contributed by atoms with Crippen LogP contribution >= 0.6 is 11.6 Å². The van der Waals surface area contributed by atoms with E-state index in [1.165, 1.54) is 0 Å². The van der Waals surface area contributed by atoms with E-state index in [1.807, 2.05) is 18.2 Å². The average molecular weight is 255 g/mol. The molecule has 1 unspecified atom stereocenters. The number of carbonyl (C=O) groups excluding carboxylic acids is 1. The third-order valence-corrected chi connectivity index (χ3v) is 3.10. The summed E-state index contributed by atoms with van der Waals surface area (Å²) in [5, 5.41) is -0.283. The van der Waals surface area contributed by atoms with Crippen molar-refractivity contribution in [3.8, 4) is 11.5 Å². The van der Waals surface area contributed by atoms with E-state index >= 15 is 0 Å². The molecule has 4 heteroatoms. The SMILES string of the molecule is CC(CCC(=O)Cl)c1ccc2c(c1)OCCO2. The standard InChI is InChI=1S/C13H15ClO3/c1-9(2-5-13(14)15)10-3-4-11-12(8-10)17-7-6-16-11/h3-4,8-9H,2,5-7H2,1H3. The highest BCUT2D eigenvalue weighted by Crippen LogP contribution is 2.34. The molecule has 2 rings (SSSR count). The van der Waals surface area contributed by atoms with Gasteiger partial charge in [0.25, 0.3) is 0 Å². The molecule has 0 amide bonds. The van der Waals surface area contributed by atoms with Crippen molar-refractivity contribution < 1.29 is 14.3 Å². The lowest BCUT2D eigenvalue weighted by Gasteiger charge is -2.20. The van der Waals surface area contributed by atoms with Crippen molar-refractivity contribution in [1.29, 1.82) is 0 Å². The van der Waals surface area contributed by atoms with Crippen molar-refractivity contribution >= 4 is 16.8 Å². The maximum absolute atomic E-state index is 10.7. The molecule has 1 aliphatic heterocycles. The third-order valence-electron chi connectivity index (χ3n) is 2.91. The second-order valence-corrected chi connectivity index (χ2v) is 4.62. The molecular weight excluding hydrogens is 240 g/mol. The summed E-state index contributed by atoms with van der Waals surface area (Å²) in [7, 11) is 0. The minimum Gasteiger partial charge on any atom is -0.486 e. The monoisotopic (exact) mass is 254 g/mol. The molecule has 0 saturated carbocycles. The normalized spacial score (nSPS) is 15.4. The van der Waals surface area contributed by atoms with E-state index < -0.39 is 0 Å². The zero-order chi connectivity index (χ0) is 12.3. The summed E-state index contributed by atoms with van der Waals surface area (Å²) in [4.78, 5) is 10.7. The Morgan fingerprint density at radius 3 is 2.76 bits per heavy atom. The summed E-state index contributed by atoms with van der Waals surface area (Å²) in [6, 6.07) is 5.91. The Balaban J connectivity index is 2.08. The molecule has 0 aliphatic carbocycles. The number of rotatable bonds is 4. The van der Waals surface area contributed by atoms with E-state index in [9.17, 15) is 4.79 Å². The van der Waals surface area contributed by atoms with Crippen molar-refractivity contribution in [2.45, 2.75) is 25.7 Å².